The maximum absolute atomic E-state index is 6.26. The van der Waals surface area contributed by atoms with Gasteiger partial charge < -0.3 is 9.72 Å². The highest BCUT2D eigenvalue weighted by Gasteiger charge is 2.23. The zero-order valence-electron chi connectivity index (χ0n) is 12.8. The molecule has 4 aromatic carbocycles. The monoisotopic (exact) mass is 307 g/mol. The molecule has 0 aliphatic carbocycles. The van der Waals surface area contributed by atoms with Crippen molar-refractivity contribution in [1.82, 2.24) is 4.98 Å². The van der Waals surface area contributed by atoms with Crippen LogP contribution in [0.25, 0.3) is 43.7 Å². The van der Waals surface area contributed by atoms with E-state index in [1.165, 1.54) is 32.7 Å². The summed E-state index contributed by atoms with van der Waals surface area (Å²) < 4.78 is 6.26. The first-order chi connectivity index (χ1) is 11.9. The smallest absolute Gasteiger partial charge is 0.136 e. The molecule has 6 rings (SSSR count). The molecule has 0 saturated carbocycles. The van der Waals surface area contributed by atoms with Gasteiger partial charge in [0.2, 0.25) is 0 Å². The Balaban J connectivity index is 1.88. The van der Waals surface area contributed by atoms with E-state index in [0.29, 0.717) is 0 Å². The molecular weight excluding hydrogens is 294 g/mol. The Kier molecular flexibility index (Phi) is 2.12. The van der Waals surface area contributed by atoms with Crippen molar-refractivity contribution < 1.29 is 4.74 Å². The second-order valence-electron chi connectivity index (χ2n) is 6.29. The lowest BCUT2D eigenvalue weighted by Crippen LogP contribution is -1.97. The Hall–Kier alpha value is -3.26. The minimum absolute atomic E-state index is 0.929. The summed E-state index contributed by atoms with van der Waals surface area (Å²) in [7, 11) is 0. The number of aromatic nitrogens is 1. The van der Waals surface area contributed by atoms with Crippen LogP contribution in [0.5, 0.6) is 11.5 Å². The Bertz CT molecular complexity index is 1270. The fourth-order valence-corrected chi connectivity index (χ4v) is 3.99. The molecule has 0 spiro atoms. The van der Waals surface area contributed by atoms with Crippen molar-refractivity contribution in [2.24, 2.45) is 0 Å². The standard InChI is InChI=1S/C22H13NO/c1-2-9-16-14(7-1)21-17(23-16)11-12-19-22(21)15-8-3-5-13-6-4-10-18(24-19)20(13)15/h1-12,23H. The summed E-state index contributed by atoms with van der Waals surface area (Å²) in [6.45, 7) is 0. The molecule has 0 fully saturated rings. The second-order valence-corrected chi connectivity index (χ2v) is 6.29. The Labute approximate surface area is 138 Å². The van der Waals surface area contributed by atoms with Gasteiger partial charge in [0.25, 0.3) is 0 Å². The van der Waals surface area contributed by atoms with Crippen LogP contribution in [0.1, 0.15) is 0 Å². The number of para-hydroxylation sites is 1. The highest BCUT2D eigenvalue weighted by atomic mass is 16.5. The molecule has 5 aromatic rings. The van der Waals surface area contributed by atoms with Crippen LogP contribution in [0, 0.1) is 0 Å². The van der Waals surface area contributed by atoms with E-state index in [1.54, 1.807) is 0 Å². The first kappa shape index (κ1) is 12.2. The van der Waals surface area contributed by atoms with Crippen LogP contribution in [-0.4, -0.2) is 4.98 Å². The molecule has 2 nitrogen and oxygen atoms in total. The van der Waals surface area contributed by atoms with Crippen LogP contribution >= 0.6 is 0 Å². The number of hydrogen-bond acceptors (Lipinski definition) is 1. The highest BCUT2D eigenvalue weighted by Crippen LogP contribution is 2.50. The van der Waals surface area contributed by atoms with Crippen LogP contribution in [-0.2, 0) is 0 Å². The first-order valence-corrected chi connectivity index (χ1v) is 8.13. The van der Waals surface area contributed by atoms with E-state index in [1.807, 2.05) is 6.07 Å². The summed E-state index contributed by atoms with van der Waals surface area (Å²) in [5.74, 6) is 1.87. The van der Waals surface area contributed by atoms with Gasteiger partial charge in [-0.25, -0.2) is 0 Å². The van der Waals surface area contributed by atoms with Gasteiger partial charge in [-0.1, -0.05) is 48.5 Å². The number of aromatic amines is 1. The highest BCUT2D eigenvalue weighted by molar-refractivity contribution is 6.19. The van der Waals surface area contributed by atoms with Gasteiger partial charge in [-0.15, -0.1) is 0 Å². The fraction of sp³-hybridized carbons (Fsp3) is 0. The SMILES string of the molecule is c1cc2c3c(cccc3c1)-c1c(ccc3[nH]c4ccccc4c13)O2. The van der Waals surface area contributed by atoms with Crippen LogP contribution in [0.2, 0.25) is 0 Å². The zero-order chi connectivity index (χ0) is 15.7. The number of rotatable bonds is 0. The number of nitrogens with one attached hydrogen (secondary N) is 1. The second kappa shape index (κ2) is 4.18. The number of hydrogen-bond donors (Lipinski definition) is 1. The molecule has 112 valence electrons. The first-order valence-electron chi connectivity index (χ1n) is 8.13. The molecule has 0 bridgehead atoms. The van der Waals surface area contributed by atoms with Crippen molar-refractivity contribution >= 4 is 32.6 Å². The average Bonchev–Trinajstić information content (AvgIpc) is 3.01. The summed E-state index contributed by atoms with van der Waals surface area (Å²) in [6, 6.07) is 25.4. The maximum atomic E-state index is 6.26. The molecule has 1 aliphatic heterocycles. The topological polar surface area (TPSA) is 25.0 Å². The predicted octanol–water partition coefficient (Wildman–Crippen LogP) is 6.25. The van der Waals surface area contributed by atoms with E-state index < -0.39 is 0 Å². The van der Waals surface area contributed by atoms with Gasteiger partial charge >= 0.3 is 0 Å². The summed E-state index contributed by atoms with van der Waals surface area (Å²) >= 11 is 0. The molecule has 1 N–H and O–H groups in total. The zero-order valence-corrected chi connectivity index (χ0v) is 12.8. The molecule has 0 atom stereocenters. The number of benzene rings is 4. The average molecular weight is 307 g/mol. The van der Waals surface area contributed by atoms with E-state index in [0.717, 1.165) is 22.5 Å². The van der Waals surface area contributed by atoms with Gasteiger partial charge in [-0.3, -0.25) is 0 Å². The Morgan fingerprint density at radius 3 is 2.46 bits per heavy atom. The molecular formula is C22H13NO. The van der Waals surface area contributed by atoms with Gasteiger partial charge in [-0.2, -0.15) is 0 Å². The molecule has 24 heavy (non-hydrogen) atoms. The van der Waals surface area contributed by atoms with Gasteiger partial charge in [-0.05, 0) is 35.2 Å². The number of H-pyrrole nitrogens is 1. The number of fused-ring (bicyclic) bond motifs is 6. The summed E-state index contributed by atoms with van der Waals surface area (Å²) in [5, 5.41) is 4.90. The van der Waals surface area contributed by atoms with E-state index >= 15 is 0 Å². The van der Waals surface area contributed by atoms with Gasteiger partial charge in [0.1, 0.15) is 11.5 Å². The van der Waals surface area contributed by atoms with Crippen molar-refractivity contribution in [1.29, 1.82) is 0 Å². The summed E-state index contributed by atoms with van der Waals surface area (Å²) in [6.07, 6.45) is 0. The van der Waals surface area contributed by atoms with Crippen LogP contribution in [0.4, 0.5) is 0 Å². The third kappa shape index (κ3) is 1.41. The molecule has 2 heteroatoms. The molecule has 0 amide bonds. The van der Waals surface area contributed by atoms with Crippen LogP contribution < -0.4 is 4.74 Å². The lowest BCUT2D eigenvalue weighted by Gasteiger charge is -2.22. The summed E-state index contributed by atoms with van der Waals surface area (Å²) in [5.41, 5.74) is 4.75. The van der Waals surface area contributed by atoms with E-state index in [4.69, 9.17) is 4.74 Å². The van der Waals surface area contributed by atoms with E-state index in [2.05, 4.69) is 71.7 Å². The third-order valence-corrected chi connectivity index (χ3v) is 4.99. The van der Waals surface area contributed by atoms with Crippen LogP contribution in [0.3, 0.4) is 0 Å². The van der Waals surface area contributed by atoms with Crippen LogP contribution in [0.15, 0.2) is 72.8 Å². The molecule has 2 heterocycles. The Morgan fingerprint density at radius 2 is 1.50 bits per heavy atom. The molecule has 0 radical (unpaired) electrons. The van der Waals surface area contributed by atoms with Crippen molar-refractivity contribution in [2.45, 2.75) is 0 Å². The van der Waals surface area contributed by atoms with Gasteiger partial charge in [0.05, 0.1) is 0 Å². The third-order valence-electron chi connectivity index (χ3n) is 4.99. The molecule has 1 aromatic heterocycles. The fourth-order valence-electron chi connectivity index (χ4n) is 3.99. The quantitative estimate of drug-likeness (QED) is 0.352. The Morgan fingerprint density at radius 1 is 0.625 bits per heavy atom. The normalized spacial score (nSPS) is 12.5. The van der Waals surface area contributed by atoms with Crippen molar-refractivity contribution in [3.8, 4) is 22.6 Å². The van der Waals surface area contributed by atoms with Crippen molar-refractivity contribution in [3.63, 3.8) is 0 Å². The molecule has 1 aliphatic rings. The molecule has 0 saturated heterocycles. The largest absolute Gasteiger partial charge is 0.456 e. The molecule has 0 unspecified atom stereocenters. The summed E-state index contributed by atoms with van der Waals surface area (Å²) in [4.78, 5) is 3.53. The van der Waals surface area contributed by atoms with E-state index in [-0.39, 0.29) is 0 Å². The minimum atomic E-state index is 0.929. The van der Waals surface area contributed by atoms with Gasteiger partial charge in [0, 0.05) is 32.8 Å². The lowest BCUT2D eigenvalue weighted by atomic mass is 9.91. The van der Waals surface area contributed by atoms with E-state index in [9.17, 15) is 0 Å². The minimum Gasteiger partial charge on any atom is -0.456 e. The lowest BCUT2D eigenvalue weighted by molar-refractivity contribution is 0.488. The van der Waals surface area contributed by atoms with Crippen molar-refractivity contribution in [3.05, 3.63) is 72.8 Å². The predicted molar refractivity (Wildman–Crippen MR) is 98.8 cm³/mol. The van der Waals surface area contributed by atoms with Crippen molar-refractivity contribution in [2.75, 3.05) is 0 Å². The van der Waals surface area contributed by atoms with Gasteiger partial charge in [0.15, 0.2) is 0 Å². The number of ether oxygens (including phenoxy) is 1. The maximum Gasteiger partial charge on any atom is 0.136 e.